The molecule has 0 spiro atoms. The van der Waals surface area contributed by atoms with E-state index in [1.807, 2.05) is 0 Å². The van der Waals surface area contributed by atoms with Crippen LogP contribution in [-0.2, 0) is 10.0 Å². The van der Waals surface area contributed by atoms with Crippen LogP contribution in [0.1, 0.15) is 20.3 Å². The summed E-state index contributed by atoms with van der Waals surface area (Å²) in [5.41, 5.74) is 7.34. The summed E-state index contributed by atoms with van der Waals surface area (Å²) in [6.45, 7) is 5.22. The van der Waals surface area contributed by atoms with Crippen molar-refractivity contribution in [1.82, 2.24) is 0 Å². The first-order valence-corrected chi connectivity index (χ1v) is 7.41. The van der Waals surface area contributed by atoms with Gasteiger partial charge in [0.05, 0.1) is 16.3 Å². The summed E-state index contributed by atoms with van der Waals surface area (Å²) >= 11 is 0. The van der Waals surface area contributed by atoms with E-state index in [0.29, 0.717) is 22.7 Å². The van der Waals surface area contributed by atoms with Crippen LogP contribution < -0.4 is 16.2 Å². The van der Waals surface area contributed by atoms with Crippen LogP contribution in [0.3, 0.4) is 0 Å². The van der Waals surface area contributed by atoms with E-state index in [9.17, 15) is 8.42 Å². The van der Waals surface area contributed by atoms with Crippen molar-refractivity contribution in [1.29, 1.82) is 0 Å². The van der Waals surface area contributed by atoms with Crippen molar-refractivity contribution in [3.8, 4) is 0 Å². The highest BCUT2D eigenvalue weighted by atomic mass is 32.2. The number of sulfonamides is 1. The van der Waals surface area contributed by atoms with Gasteiger partial charge in [-0.15, -0.1) is 0 Å². The molecule has 1 atom stereocenters. The number of nitrogens with one attached hydrogen (secondary N) is 1. The molecule has 0 radical (unpaired) electrons. The first-order valence-electron chi connectivity index (χ1n) is 5.86. The number of hydrogen-bond acceptors (Lipinski definition) is 4. The lowest BCUT2D eigenvalue weighted by Gasteiger charge is -2.11. The van der Waals surface area contributed by atoms with Crippen LogP contribution in [0.4, 0.5) is 11.4 Å². The van der Waals surface area contributed by atoms with Crippen molar-refractivity contribution in [2.45, 2.75) is 25.2 Å². The van der Waals surface area contributed by atoms with Gasteiger partial charge in [0, 0.05) is 6.54 Å². The zero-order valence-electron chi connectivity index (χ0n) is 10.6. The van der Waals surface area contributed by atoms with E-state index < -0.39 is 10.0 Å². The minimum atomic E-state index is -3.68. The van der Waals surface area contributed by atoms with Crippen LogP contribution in [0.15, 0.2) is 23.1 Å². The number of benzene rings is 1. The summed E-state index contributed by atoms with van der Waals surface area (Å²) in [5.74, 6) is 0.607. The van der Waals surface area contributed by atoms with Crippen molar-refractivity contribution >= 4 is 21.4 Å². The van der Waals surface area contributed by atoms with Gasteiger partial charge in [-0.3, -0.25) is 0 Å². The molecule has 0 amide bonds. The molecular formula is C12H19N3O2S. The molecule has 5 nitrogen and oxygen atoms in total. The van der Waals surface area contributed by atoms with Gasteiger partial charge in [0.1, 0.15) is 0 Å². The number of anilines is 2. The Labute approximate surface area is 108 Å². The third kappa shape index (κ3) is 2.76. The Balaban J connectivity index is 2.12. The average molecular weight is 269 g/mol. The number of rotatable bonds is 4. The van der Waals surface area contributed by atoms with Gasteiger partial charge in [-0.1, -0.05) is 13.8 Å². The van der Waals surface area contributed by atoms with Crippen molar-refractivity contribution in [2.75, 3.05) is 17.6 Å². The molecule has 1 fully saturated rings. The summed E-state index contributed by atoms with van der Waals surface area (Å²) in [5, 5.41) is 8.29. The Kier molecular flexibility index (Phi) is 3.03. The molecule has 6 heteroatoms. The van der Waals surface area contributed by atoms with E-state index in [1.54, 1.807) is 6.07 Å². The molecule has 1 aliphatic carbocycles. The van der Waals surface area contributed by atoms with Gasteiger partial charge in [0.15, 0.2) is 0 Å². The van der Waals surface area contributed by atoms with Crippen LogP contribution in [0, 0.1) is 11.3 Å². The van der Waals surface area contributed by atoms with Gasteiger partial charge in [0.25, 0.3) is 0 Å². The van der Waals surface area contributed by atoms with Crippen molar-refractivity contribution < 1.29 is 8.42 Å². The first-order chi connectivity index (χ1) is 8.20. The molecule has 0 bridgehead atoms. The second kappa shape index (κ2) is 4.13. The third-order valence-corrected chi connectivity index (χ3v) is 4.52. The van der Waals surface area contributed by atoms with E-state index in [0.717, 1.165) is 6.54 Å². The minimum Gasteiger partial charge on any atom is -0.397 e. The fourth-order valence-corrected chi connectivity index (χ4v) is 2.56. The van der Waals surface area contributed by atoms with Gasteiger partial charge in [-0.25, -0.2) is 13.6 Å². The molecular weight excluding hydrogens is 250 g/mol. The SMILES string of the molecule is CC1(C)CC1CNc1cc(S(N)(=O)=O)ccc1N. The highest BCUT2D eigenvalue weighted by Crippen LogP contribution is 2.51. The highest BCUT2D eigenvalue weighted by Gasteiger charge is 2.44. The van der Waals surface area contributed by atoms with Crippen LogP contribution >= 0.6 is 0 Å². The summed E-state index contributed by atoms with van der Waals surface area (Å²) in [6, 6.07) is 4.46. The monoisotopic (exact) mass is 269 g/mol. The van der Waals surface area contributed by atoms with Gasteiger partial charge in [-0.05, 0) is 36.0 Å². The number of hydrogen-bond donors (Lipinski definition) is 3. The highest BCUT2D eigenvalue weighted by molar-refractivity contribution is 7.89. The van der Waals surface area contributed by atoms with Crippen LogP contribution in [-0.4, -0.2) is 15.0 Å². The summed E-state index contributed by atoms with van der Waals surface area (Å²) in [6.07, 6.45) is 1.18. The van der Waals surface area contributed by atoms with E-state index in [2.05, 4.69) is 19.2 Å². The molecule has 0 aromatic heterocycles. The zero-order chi connectivity index (χ0) is 13.6. The molecule has 1 aromatic rings. The molecule has 1 aliphatic rings. The lowest BCUT2D eigenvalue weighted by Crippen LogP contribution is -2.14. The second-order valence-electron chi connectivity index (χ2n) is 5.56. The normalized spacial score (nSPS) is 21.6. The Morgan fingerprint density at radius 1 is 1.44 bits per heavy atom. The van der Waals surface area contributed by atoms with E-state index in [-0.39, 0.29) is 4.90 Å². The number of primary sulfonamides is 1. The number of nitrogen functional groups attached to an aromatic ring is 1. The second-order valence-corrected chi connectivity index (χ2v) is 7.13. The lowest BCUT2D eigenvalue weighted by atomic mass is 10.1. The van der Waals surface area contributed by atoms with Gasteiger partial charge >= 0.3 is 0 Å². The fraction of sp³-hybridized carbons (Fsp3) is 0.500. The molecule has 1 saturated carbocycles. The Morgan fingerprint density at radius 3 is 2.56 bits per heavy atom. The predicted molar refractivity (Wildman–Crippen MR) is 72.6 cm³/mol. The third-order valence-electron chi connectivity index (χ3n) is 3.61. The van der Waals surface area contributed by atoms with Gasteiger partial charge in [-0.2, -0.15) is 0 Å². The molecule has 0 saturated heterocycles. The lowest BCUT2D eigenvalue weighted by molar-refractivity contribution is 0.573. The van der Waals surface area contributed by atoms with Crippen molar-refractivity contribution in [3.63, 3.8) is 0 Å². The molecule has 5 N–H and O–H groups in total. The maximum absolute atomic E-state index is 11.3. The van der Waals surface area contributed by atoms with Crippen molar-refractivity contribution in [3.05, 3.63) is 18.2 Å². The molecule has 100 valence electrons. The largest absolute Gasteiger partial charge is 0.397 e. The summed E-state index contributed by atoms with van der Waals surface area (Å²) in [7, 11) is -3.68. The van der Waals surface area contributed by atoms with Crippen molar-refractivity contribution in [2.24, 2.45) is 16.5 Å². The Morgan fingerprint density at radius 2 is 2.06 bits per heavy atom. The Bertz CT molecular complexity index is 567. The molecule has 18 heavy (non-hydrogen) atoms. The summed E-state index contributed by atoms with van der Waals surface area (Å²) in [4.78, 5) is 0.0780. The predicted octanol–water partition coefficient (Wildman–Crippen LogP) is 1.37. The molecule has 1 aromatic carbocycles. The zero-order valence-corrected chi connectivity index (χ0v) is 11.4. The van der Waals surface area contributed by atoms with Gasteiger partial charge in [0.2, 0.25) is 10.0 Å². The summed E-state index contributed by atoms with van der Waals surface area (Å²) < 4.78 is 22.5. The van der Waals surface area contributed by atoms with Crippen LogP contribution in [0.25, 0.3) is 0 Å². The molecule has 0 aliphatic heterocycles. The van der Waals surface area contributed by atoms with E-state index in [1.165, 1.54) is 18.6 Å². The fourth-order valence-electron chi connectivity index (χ4n) is 2.02. The van der Waals surface area contributed by atoms with Gasteiger partial charge < -0.3 is 11.1 Å². The topological polar surface area (TPSA) is 98.2 Å². The first kappa shape index (κ1) is 13.2. The maximum atomic E-state index is 11.3. The Hall–Kier alpha value is -1.27. The smallest absolute Gasteiger partial charge is 0.238 e. The quantitative estimate of drug-likeness (QED) is 0.719. The van der Waals surface area contributed by atoms with Crippen LogP contribution in [0.5, 0.6) is 0 Å². The molecule has 1 unspecified atom stereocenters. The van der Waals surface area contributed by atoms with Crippen LogP contribution in [0.2, 0.25) is 0 Å². The molecule has 0 heterocycles. The molecule has 2 rings (SSSR count). The minimum absolute atomic E-state index is 0.0780. The number of nitrogens with two attached hydrogens (primary N) is 2. The average Bonchev–Trinajstić information content (AvgIpc) is 2.83. The maximum Gasteiger partial charge on any atom is 0.238 e. The van der Waals surface area contributed by atoms with E-state index >= 15 is 0 Å². The van der Waals surface area contributed by atoms with E-state index in [4.69, 9.17) is 10.9 Å². The standard InChI is InChI=1S/C12H19N3O2S/c1-12(2)6-8(12)7-15-11-5-9(18(14,16)17)3-4-10(11)13/h3-5,8,15H,6-7,13H2,1-2H3,(H2,14,16,17).